The van der Waals surface area contributed by atoms with E-state index in [0.29, 0.717) is 0 Å². The molecule has 6 heteroatoms. The van der Waals surface area contributed by atoms with Crippen molar-refractivity contribution in [1.82, 2.24) is 9.78 Å². The van der Waals surface area contributed by atoms with E-state index in [1.807, 2.05) is 0 Å². The molecule has 0 spiro atoms. The van der Waals surface area contributed by atoms with Gasteiger partial charge in [-0.1, -0.05) is 17.7 Å². The molecule has 1 aromatic heterocycles. The molecule has 0 fully saturated rings. The lowest BCUT2D eigenvalue weighted by molar-refractivity contribution is 0.102. The van der Waals surface area contributed by atoms with E-state index in [2.05, 4.69) is 5.10 Å². The summed E-state index contributed by atoms with van der Waals surface area (Å²) in [4.78, 5) is 12.3. The summed E-state index contributed by atoms with van der Waals surface area (Å²) in [5.41, 5.74) is -0.0226. The number of rotatable bonds is 3. The predicted octanol–water partition coefficient (Wildman–Crippen LogP) is 2.45. The third-order valence-electron chi connectivity index (χ3n) is 2.53. The van der Waals surface area contributed by atoms with E-state index in [1.54, 1.807) is 7.05 Å². The molecular formula is C12H10ClFN2O2. The lowest BCUT2D eigenvalue weighted by Crippen LogP contribution is -2.12. The molecule has 0 saturated carbocycles. The van der Waals surface area contributed by atoms with E-state index in [0.717, 1.165) is 0 Å². The second kappa shape index (κ2) is 4.78. The highest BCUT2D eigenvalue weighted by molar-refractivity contribution is 6.35. The van der Waals surface area contributed by atoms with Crippen molar-refractivity contribution in [3.8, 4) is 5.75 Å². The van der Waals surface area contributed by atoms with Gasteiger partial charge in [0, 0.05) is 7.05 Å². The molecule has 1 aromatic carbocycles. The molecule has 0 saturated heterocycles. The van der Waals surface area contributed by atoms with Crippen LogP contribution < -0.4 is 4.74 Å². The third kappa shape index (κ3) is 1.97. The lowest BCUT2D eigenvalue weighted by Gasteiger charge is -2.07. The monoisotopic (exact) mass is 268 g/mol. The van der Waals surface area contributed by atoms with Crippen molar-refractivity contribution in [2.45, 2.75) is 0 Å². The first-order valence-corrected chi connectivity index (χ1v) is 5.48. The van der Waals surface area contributed by atoms with Gasteiger partial charge in [-0.15, -0.1) is 0 Å². The van der Waals surface area contributed by atoms with Crippen molar-refractivity contribution in [3.05, 3.63) is 46.5 Å². The van der Waals surface area contributed by atoms with Crippen molar-refractivity contribution in [3.63, 3.8) is 0 Å². The van der Waals surface area contributed by atoms with E-state index in [4.69, 9.17) is 16.3 Å². The predicted molar refractivity (Wildman–Crippen MR) is 64.6 cm³/mol. The van der Waals surface area contributed by atoms with Crippen molar-refractivity contribution < 1.29 is 13.9 Å². The van der Waals surface area contributed by atoms with Gasteiger partial charge in [-0.3, -0.25) is 9.48 Å². The molecule has 0 unspecified atom stereocenters. The summed E-state index contributed by atoms with van der Waals surface area (Å²) in [6.07, 6.45) is 1.39. The number of aryl methyl sites for hydroxylation is 1. The molecule has 2 aromatic rings. The van der Waals surface area contributed by atoms with Gasteiger partial charge in [-0.2, -0.15) is 5.10 Å². The Morgan fingerprint density at radius 1 is 1.50 bits per heavy atom. The third-order valence-corrected chi connectivity index (χ3v) is 2.84. The minimum atomic E-state index is -0.671. The van der Waals surface area contributed by atoms with Gasteiger partial charge in [0.1, 0.15) is 5.82 Å². The topological polar surface area (TPSA) is 44.1 Å². The highest BCUT2D eigenvalue weighted by atomic mass is 35.5. The van der Waals surface area contributed by atoms with Gasteiger partial charge < -0.3 is 4.74 Å². The van der Waals surface area contributed by atoms with Gasteiger partial charge in [-0.05, 0) is 12.1 Å². The Bertz CT molecular complexity index is 590. The van der Waals surface area contributed by atoms with E-state index < -0.39 is 11.6 Å². The number of ether oxygens (including phenoxy) is 1. The molecule has 0 N–H and O–H groups in total. The second-order valence-corrected chi connectivity index (χ2v) is 4.02. The van der Waals surface area contributed by atoms with Crippen LogP contribution in [0.25, 0.3) is 0 Å². The molecule has 4 nitrogen and oxygen atoms in total. The molecule has 1 heterocycles. The van der Waals surface area contributed by atoms with Crippen LogP contribution in [0.4, 0.5) is 4.39 Å². The number of benzene rings is 1. The van der Waals surface area contributed by atoms with Crippen LogP contribution in [0.1, 0.15) is 16.1 Å². The summed E-state index contributed by atoms with van der Waals surface area (Å²) in [6.45, 7) is 0. The number of halogens is 2. The summed E-state index contributed by atoms with van der Waals surface area (Å²) in [6, 6.07) is 4.08. The van der Waals surface area contributed by atoms with E-state index >= 15 is 0 Å². The minimum absolute atomic E-state index is 0.0586. The van der Waals surface area contributed by atoms with Crippen molar-refractivity contribution in [1.29, 1.82) is 0 Å². The largest absolute Gasteiger partial charge is 0.493 e. The Balaban J connectivity index is 2.58. The van der Waals surface area contributed by atoms with Crippen LogP contribution in [0.5, 0.6) is 5.75 Å². The van der Waals surface area contributed by atoms with Crippen molar-refractivity contribution in [2.75, 3.05) is 7.11 Å². The number of aromatic nitrogens is 2. The number of ketones is 1. The SMILES string of the molecule is COc1cnn(C)c1C(=O)c1c(F)cccc1Cl. The van der Waals surface area contributed by atoms with Crippen LogP contribution in [0, 0.1) is 5.82 Å². The molecule has 0 atom stereocenters. The van der Waals surface area contributed by atoms with Crippen LogP contribution in [0.15, 0.2) is 24.4 Å². The number of hydrogen-bond donors (Lipinski definition) is 0. The number of carbonyl (C=O) groups is 1. The maximum atomic E-state index is 13.7. The van der Waals surface area contributed by atoms with Gasteiger partial charge >= 0.3 is 0 Å². The minimum Gasteiger partial charge on any atom is -0.493 e. The fourth-order valence-corrected chi connectivity index (χ4v) is 1.91. The highest BCUT2D eigenvalue weighted by Crippen LogP contribution is 2.26. The fraction of sp³-hybridized carbons (Fsp3) is 0.167. The number of methoxy groups -OCH3 is 1. The van der Waals surface area contributed by atoms with E-state index in [-0.39, 0.29) is 22.0 Å². The van der Waals surface area contributed by atoms with Crippen LogP contribution in [0.3, 0.4) is 0 Å². The average molecular weight is 269 g/mol. The van der Waals surface area contributed by atoms with Crippen LogP contribution in [-0.4, -0.2) is 22.7 Å². The molecule has 0 aliphatic carbocycles. The quantitative estimate of drug-likeness (QED) is 0.803. The van der Waals surface area contributed by atoms with Crippen LogP contribution >= 0.6 is 11.6 Å². The molecule has 0 radical (unpaired) electrons. The number of hydrogen-bond acceptors (Lipinski definition) is 3. The average Bonchev–Trinajstić information content (AvgIpc) is 2.70. The summed E-state index contributed by atoms with van der Waals surface area (Å²) < 4.78 is 20.0. The first-order valence-electron chi connectivity index (χ1n) is 5.11. The smallest absolute Gasteiger partial charge is 0.219 e. The molecule has 0 aliphatic heterocycles. The number of nitrogens with zero attached hydrogens (tertiary/aromatic N) is 2. The zero-order chi connectivity index (χ0) is 13.3. The summed E-state index contributed by atoms with van der Waals surface area (Å²) in [5, 5.41) is 3.96. The van der Waals surface area contributed by atoms with Crippen molar-refractivity contribution in [2.24, 2.45) is 7.05 Å². The van der Waals surface area contributed by atoms with Gasteiger partial charge in [0.15, 0.2) is 11.4 Å². The normalized spacial score (nSPS) is 10.4. The Kier molecular flexibility index (Phi) is 3.34. The molecule has 0 aliphatic rings. The summed E-state index contributed by atoms with van der Waals surface area (Å²) in [7, 11) is 2.99. The zero-order valence-electron chi connectivity index (χ0n) is 9.78. The van der Waals surface area contributed by atoms with Gasteiger partial charge in [0.05, 0.1) is 23.9 Å². The fourth-order valence-electron chi connectivity index (χ4n) is 1.66. The van der Waals surface area contributed by atoms with Crippen LogP contribution in [-0.2, 0) is 7.05 Å². The van der Waals surface area contributed by atoms with E-state index in [9.17, 15) is 9.18 Å². The first kappa shape index (κ1) is 12.6. The van der Waals surface area contributed by atoms with Gasteiger partial charge in [0.2, 0.25) is 5.78 Å². The standard InChI is InChI=1S/C12H10ClFN2O2/c1-16-11(9(18-2)6-15-16)12(17)10-7(13)4-3-5-8(10)14/h3-6H,1-2H3. The molecule has 0 amide bonds. The summed E-state index contributed by atoms with van der Waals surface area (Å²) >= 11 is 5.86. The Morgan fingerprint density at radius 2 is 2.22 bits per heavy atom. The van der Waals surface area contributed by atoms with E-state index in [1.165, 1.54) is 36.2 Å². The summed E-state index contributed by atoms with van der Waals surface area (Å²) in [5.74, 6) is -0.951. The maximum absolute atomic E-state index is 13.7. The second-order valence-electron chi connectivity index (χ2n) is 3.61. The number of carbonyl (C=O) groups excluding carboxylic acids is 1. The van der Waals surface area contributed by atoms with Crippen molar-refractivity contribution >= 4 is 17.4 Å². The molecule has 18 heavy (non-hydrogen) atoms. The highest BCUT2D eigenvalue weighted by Gasteiger charge is 2.24. The molecule has 94 valence electrons. The molecule has 0 bridgehead atoms. The Morgan fingerprint density at radius 3 is 2.83 bits per heavy atom. The first-order chi connectivity index (χ1) is 8.56. The Labute approximate surface area is 108 Å². The zero-order valence-corrected chi connectivity index (χ0v) is 10.5. The molecular weight excluding hydrogens is 259 g/mol. The van der Waals surface area contributed by atoms with Gasteiger partial charge in [0.25, 0.3) is 0 Å². The van der Waals surface area contributed by atoms with Crippen LogP contribution in [0.2, 0.25) is 5.02 Å². The maximum Gasteiger partial charge on any atom is 0.219 e. The molecule has 2 rings (SSSR count). The van der Waals surface area contributed by atoms with Gasteiger partial charge in [-0.25, -0.2) is 4.39 Å². The lowest BCUT2D eigenvalue weighted by atomic mass is 10.1. The Hall–Kier alpha value is -1.88.